The molecule has 4 nitrogen and oxygen atoms in total. The Hall–Kier alpha value is -1.84. The first-order valence-corrected chi connectivity index (χ1v) is 3.90. The van der Waals surface area contributed by atoms with Crippen LogP contribution in [0.2, 0.25) is 0 Å². The molecule has 0 aromatic rings. The van der Waals surface area contributed by atoms with Crippen molar-refractivity contribution in [2.24, 2.45) is 4.99 Å². The molecule has 2 rings (SSSR count). The lowest BCUT2D eigenvalue weighted by atomic mass is 10.2. The molecule has 0 aromatic carbocycles. The predicted molar refractivity (Wildman–Crippen MR) is 48.1 cm³/mol. The van der Waals surface area contributed by atoms with Crippen molar-refractivity contribution in [1.29, 1.82) is 0 Å². The molecule has 0 amide bonds. The molecule has 0 aliphatic carbocycles. The Kier molecular flexibility index (Phi) is 1.73. The first kappa shape index (κ1) is 7.79. The van der Waals surface area contributed by atoms with Crippen LogP contribution in [0.1, 0.15) is 0 Å². The van der Waals surface area contributed by atoms with Gasteiger partial charge in [0, 0.05) is 12.4 Å². The summed E-state index contributed by atoms with van der Waals surface area (Å²) in [6.45, 7) is 0.659. The lowest BCUT2D eigenvalue weighted by molar-refractivity contribution is -0.132. The van der Waals surface area contributed by atoms with Crippen LogP contribution in [0.5, 0.6) is 0 Å². The van der Waals surface area contributed by atoms with Gasteiger partial charge in [0.15, 0.2) is 0 Å². The van der Waals surface area contributed by atoms with Crippen LogP contribution in [-0.4, -0.2) is 28.4 Å². The van der Waals surface area contributed by atoms with Crippen LogP contribution in [0.3, 0.4) is 0 Å². The van der Waals surface area contributed by atoms with Gasteiger partial charge in [0.05, 0.1) is 12.1 Å². The Bertz CT molecular complexity index is 364. The van der Waals surface area contributed by atoms with E-state index in [-0.39, 0.29) is 5.57 Å². The van der Waals surface area contributed by atoms with Crippen molar-refractivity contribution in [3.63, 3.8) is 0 Å². The Morgan fingerprint density at radius 1 is 1.54 bits per heavy atom. The number of hydrogen-bond acceptors (Lipinski definition) is 3. The van der Waals surface area contributed by atoms with Gasteiger partial charge >= 0.3 is 5.97 Å². The van der Waals surface area contributed by atoms with Crippen molar-refractivity contribution in [3.05, 3.63) is 36.2 Å². The number of amidine groups is 1. The van der Waals surface area contributed by atoms with E-state index in [1.165, 1.54) is 0 Å². The number of fused-ring (bicyclic) bond motifs is 1. The molecule has 66 valence electrons. The third kappa shape index (κ3) is 1.38. The van der Waals surface area contributed by atoms with Gasteiger partial charge < -0.3 is 10.0 Å². The molecule has 2 heterocycles. The smallest absolute Gasteiger partial charge is 0.337 e. The number of aliphatic carboxylic acids is 1. The number of aliphatic imine (C=N–C) groups is 1. The Morgan fingerprint density at radius 3 is 3.15 bits per heavy atom. The first-order chi connectivity index (χ1) is 6.27. The maximum Gasteiger partial charge on any atom is 0.337 e. The first-order valence-electron chi connectivity index (χ1n) is 3.90. The van der Waals surface area contributed by atoms with Gasteiger partial charge in [-0.05, 0) is 18.2 Å². The van der Waals surface area contributed by atoms with Crippen molar-refractivity contribution < 1.29 is 9.90 Å². The lowest BCUT2D eigenvalue weighted by Crippen LogP contribution is -2.25. The van der Waals surface area contributed by atoms with Gasteiger partial charge in [0.25, 0.3) is 0 Å². The van der Waals surface area contributed by atoms with E-state index in [1.54, 1.807) is 23.3 Å². The quantitative estimate of drug-likeness (QED) is 0.641. The second-order valence-corrected chi connectivity index (χ2v) is 2.71. The number of hydrogen-bond donors (Lipinski definition) is 1. The third-order valence-corrected chi connectivity index (χ3v) is 1.83. The van der Waals surface area contributed by atoms with Gasteiger partial charge in [-0.1, -0.05) is 0 Å². The van der Waals surface area contributed by atoms with Gasteiger partial charge in [-0.25, -0.2) is 4.79 Å². The van der Waals surface area contributed by atoms with E-state index < -0.39 is 5.97 Å². The summed E-state index contributed by atoms with van der Waals surface area (Å²) in [4.78, 5) is 16.5. The Morgan fingerprint density at radius 2 is 2.38 bits per heavy atom. The molecule has 0 radical (unpaired) electrons. The fourth-order valence-corrected chi connectivity index (χ4v) is 1.20. The highest BCUT2D eigenvalue weighted by Crippen LogP contribution is 2.12. The van der Waals surface area contributed by atoms with Crippen LogP contribution in [0.15, 0.2) is 41.2 Å². The van der Waals surface area contributed by atoms with Gasteiger partial charge in [-0.3, -0.25) is 4.99 Å². The normalized spacial score (nSPS) is 19.2. The fraction of sp³-hybridized carbons (Fsp3) is 0.111. The third-order valence-electron chi connectivity index (χ3n) is 1.83. The number of nitrogens with zero attached hydrogens (tertiary/aromatic N) is 2. The molecule has 0 fully saturated rings. The average molecular weight is 176 g/mol. The monoisotopic (exact) mass is 176 g/mol. The number of carboxylic acids is 1. The molecule has 4 heteroatoms. The molecule has 0 aromatic heterocycles. The van der Waals surface area contributed by atoms with Crippen LogP contribution in [-0.2, 0) is 4.79 Å². The van der Waals surface area contributed by atoms with E-state index in [9.17, 15) is 4.79 Å². The summed E-state index contributed by atoms with van der Waals surface area (Å²) in [7, 11) is 0. The van der Waals surface area contributed by atoms with Gasteiger partial charge in [0.2, 0.25) is 0 Å². The zero-order valence-electron chi connectivity index (χ0n) is 6.84. The maximum absolute atomic E-state index is 10.6. The maximum atomic E-state index is 10.6. The van der Waals surface area contributed by atoms with Crippen molar-refractivity contribution in [2.45, 2.75) is 0 Å². The van der Waals surface area contributed by atoms with Crippen LogP contribution in [0.4, 0.5) is 0 Å². The second kappa shape index (κ2) is 2.90. The van der Waals surface area contributed by atoms with Crippen molar-refractivity contribution in [1.82, 2.24) is 4.90 Å². The van der Waals surface area contributed by atoms with E-state index in [4.69, 9.17) is 5.11 Å². The van der Waals surface area contributed by atoms with Crippen molar-refractivity contribution in [3.8, 4) is 0 Å². The predicted octanol–water partition coefficient (Wildman–Crippen LogP) is 0.753. The van der Waals surface area contributed by atoms with E-state index in [2.05, 4.69) is 4.99 Å². The minimum absolute atomic E-state index is 0.269. The Labute approximate surface area is 75.2 Å². The Balaban J connectivity index is 2.31. The largest absolute Gasteiger partial charge is 0.478 e. The molecule has 2 aliphatic heterocycles. The molecular weight excluding hydrogens is 168 g/mol. The summed E-state index contributed by atoms with van der Waals surface area (Å²) >= 11 is 0. The molecule has 0 spiro atoms. The second-order valence-electron chi connectivity index (χ2n) is 2.71. The van der Waals surface area contributed by atoms with Crippen LogP contribution >= 0.6 is 0 Å². The zero-order chi connectivity index (χ0) is 9.26. The fourth-order valence-electron chi connectivity index (χ4n) is 1.20. The van der Waals surface area contributed by atoms with Crippen molar-refractivity contribution >= 4 is 11.8 Å². The number of carboxylic acid groups (broad SMARTS) is 1. The highest BCUT2D eigenvalue weighted by molar-refractivity contribution is 6.01. The summed E-state index contributed by atoms with van der Waals surface area (Å²) in [6.07, 6.45) is 8.49. The highest BCUT2D eigenvalue weighted by Gasteiger charge is 2.14. The molecule has 2 aliphatic rings. The summed E-state index contributed by atoms with van der Waals surface area (Å²) in [5, 5.41) is 8.72. The molecule has 0 bridgehead atoms. The van der Waals surface area contributed by atoms with Crippen molar-refractivity contribution in [2.75, 3.05) is 6.54 Å². The van der Waals surface area contributed by atoms with E-state index in [1.807, 2.05) is 12.3 Å². The summed E-state index contributed by atoms with van der Waals surface area (Å²) in [6, 6.07) is 0. The molecule has 0 saturated heterocycles. The van der Waals surface area contributed by atoms with Gasteiger partial charge in [-0.15, -0.1) is 0 Å². The standard InChI is InChI=1S/C9H8N2O2/c12-9(13)7-2-3-8-10-4-1-5-11(8)6-7/h1-3,5-6H,4H2,(H,12,13). The summed E-state index contributed by atoms with van der Waals surface area (Å²) in [5.41, 5.74) is 0.269. The zero-order valence-corrected chi connectivity index (χ0v) is 6.84. The SMILES string of the molecule is O=C(O)C1=CN2C=CCN=C2C=C1. The lowest BCUT2D eigenvalue weighted by Gasteiger charge is -2.21. The summed E-state index contributed by atoms with van der Waals surface area (Å²) in [5.74, 6) is -0.137. The molecule has 0 saturated carbocycles. The van der Waals surface area contributed by atoms with Crippen LogP contribution in [0.25, 0.3) is 0 Å². The van der Waals surface area contributed by atoms with Gasteiger partial charge in [-0.2, -0.15) is 0 Å². The average Bonchev–Trinajstić information content (AvgIpc) is 2.17. The number of rotatable bonds is 1. The minimum atomic E-state index is -0.922. The van der Waals surface area contributed by atoms with Crippen LogP contribution in [0, 0.1) is 0 Å². The van der Waals surface area contributed by atoms with Crippen LogP contribution < -0.4 is 0 Å². The highest BCUT2D eigenvalue weighted by atomic mass is 16.4. The van der Waals surface area contributed by atoms with E-state index in [0.29, 0.717) is 6.54 Å². The van der Waals surface area contributed by atoms with Gasteiger partial charge in [0.1, 0.15) is 5.84 Å². The molecule has 0 unspecified atom stereocenters. The molecule has 13 heavy (non-hydrogen) atoms. The molecule has 0 atom stereocenters. The topological polar surface area (TPSA) is 52.9 Å². The summed E-state index contributed by atoms with van der Waals surface area (Å²) < 4.78 is 0. The van der Waals surface area contributed by atoms with E-state index >= 15 is 0 Å². The number of carbonyl (C=O) groups is 1. The molecular formula is C9H8N2O2. The minimum Gasteiger partial charge on any atom is -0.478 e. The molecule has 1 N–H and O–H groups in total. The van der Waals surface area contributed by atoms with E-state index in [0.717, 1.165) is 5.84 Å².